The van der Waals surface area contributed by atoms with Crippen molar-refractivity contribution in [3.63, 3.8) is 0 Å². The minimum absolute atomic E-state index is 0. The van der Waals surface area contributed by atoms with Crippen molar-refractivity contribution >= 4 is 29.7 Å². The standard InChI is InChI=1S/C12H15NO2S.ClH/c14-12(15)8-6-7-3-4-9(13-7)11(8)10-2-1-5-16-10;/h1-2,5,7-9,11,13H,3-4,6H2,(H,14,15);1H/t7-,8+,9-,11+;/m1./s1. The zero-order valence-electron chi connectivity index (χ0n) is 9.33. The van der Waals surface area contributed by atoms with Crippen molar-refractivity contribution < 1.29 is 9.90 Å². The Bertz CT molecular complexity index is 395. The van der Waals surface area contributed by atoms with Gasteiger partial charge in [-0.05, 0) is 30.7 Å². The van der Waals surface area contributed by atoms with Gasteiger partial charge in [-0.25, -0.2) is 0 Å². The average Bonchev–Trinajstić information content (AvgIpc) is 2.89. The van der Waals surface area contributed by atoms with Gasteiger partial charge in [-0.2, -0.15) is 0 Å². The van der Waals surface area contributed by atoms with Gasteiger partial charge in [-0.15, -0.1) is 23.7 Å². The number of hydrogen-bond acceptors (Lipinski definition) is 3. The normalized spacial score (nSPS) is 35.3. The third kappa shape index (κ3) is 2.21. The van der Waals surface area contributed by atoms with Gasteiger partial charge in [-0.1, -0.05) is 6.07 Å². The van der Waals surface area contributed by atoms with E-state index in [2.05, 4.69) is 11.4 Å². The summed E-state index contributed by atoms with van der Waals surface area (Å²) in [6.07, 6.45) is 3.04. The van der Waals surface area contributed by atoms with E-state index in [9.17, 15) is 9.90 Å². The molecule has 3 nitrogen and oxygen atoms in total. The Morgan fingerprint density at radius 3 is 2.94 bits per heavy atom. The van der Waals surface area contributed by atoms with E-state index in [0.717, 1.165) is 19.3 Å². The highest BCUT2D eigenvalue weighted by Crippen LogP contribution is 2.43. The first-order chi connectivity index (χ1) is 7.75. The molecule has 3 rings (SSSR count). The van der Waals surface area contributed by atoms with Crippen molar-refractivity contribution in [3.8, 4) is 0 Å². The van der Waals surface area contributed by atoms with Crippen LogP contribution in [0.2, 0.25) is 0 Å². The number of fused-ring (bicyclic) bond motifs is 2. The van der Waals surface area contributed by atoms with Crippen LogP contribution in [0, 0.1) is 5.92 Å². The molecule has 0 amide bonds. The maximum absolute atomic E-state index is 11.4. The molecule has 2 fully saturated rings. The summed E-state index contributed by atoms with van der Waals surface area (Å²) in [5.41, 5.74) is 0. The highest BCUT2D eigenvalue weighted by atomic mass is 35.5. The van der Waals surface area contributed by atoms with Gasteiger partial charge in [0.1, 0.15) is 0 Å². The maximum atomic E-state index is 11.4. The number of rotatable bonds is 2. The molecule has 0 aromatic carbocycles. The predicted molar refractivity (Wildman–Crippen MR) is 70.0 cm³/mol. The van der Waals surface area contributed by atoms with E-state index >= 15 is 0 Å². The van der Waals surface area contributed by atoms with Gasteiger partial charge in [-0.3, -0.25) is 4.79 Å². The van der Waals surface area contributed by atoms with E-state index in [1.54, 1.807) is 11.3 Å². The van der Waals surface area contributed by atoms with Crippen molar-refractivity contribution in [3.05, 3.63) is 22.4 Å². The largest absolute Gasteiger partial charge is 0.481 e. The molecule has 1 aromatic rings. The summed E-state index contributed by atoms with van der Waals surface area (Å²) in [4.78, 5) is 12.6. The summed E-state index contributed by atoms with van der Waals surface area (Å²) < 4.78 is 0. The van der Waals surface area contributed by atoms with E-state index in [-0.39, 0.29) is 24.2 Å². The average molecular weight is 274 g/mol. The summed E-state index contributed by atoms with van der Waals surface area (Å²) in [6, 6.07) is 4.90. The van der Waals surface area contributed by atoms with Crippen molar-refractivity contribution in [2.75, 3.05) is 0 Å². The van der Waals surface area contributed by atoms with Gasteiger partial charge in [0.15, 0.2) is 0 Å². The number of carboxylic acid groups (broad SMARTS) is 1. The van der Waals surface area contributed by atoms with Crippen molar-refractivity contribution in [1.82, 2.24) is 5.32 Å². The number of carboxylic acids is 1. The fourth-order valence-corrected chi connectivity index (χ4v) is 4.14. The molecule has 5 heteroatoms. The monoisotopic (exact) mass is 273 g/mol. The Kier molecular flexibility index (Phi) is 3.76. The van der Waals surface area contributed by atoms with Crippen LogP contribution in [0.1, 0.15) is 30.1 Å². The minimum atomic E-state index is -0.628. The Balaban J connectivity index is 0.00000108. The molecule has 1 aromatic heterocycles. The molecule has 2 bridgehead atoms. The van der Waals surface area contributed by atoms with Crippen molar-refractivity contribution in [2.24, 2.45) is 5.92 Å². The Labute approximate surface area is 111 Å². The molecule has 0 radical (unpaired) electrons. The molecule has 0 aliphatic carbocycles. The first-order valence-corrected chi connectivity index (χ1v) is 6.66. The summed E-state index contributed by atoms with van der Waals surface area (Å²) in [7, 11) is 0. The van der Waals surface area contributed by atoms with E-state index in [1.807, 2.05) is 11.4 Å². The number of carbonyl (C=O) groups is 1. The predicted octanol–water partition coefficient (Wildman–Crippen LogP) is 2.48. The molecule has 94 valence electrons. The number of thiophene rings is 1. The van der Waals surface area contributed by atoms with Crippen LogP contribution >= 0.6 is 23.7 Å². The molecule has 17 heavy (non-hydrogen) atoms. The Morgan fingerprint density at radius 2 is 2.29 bits per heavy atom. The molecule has 2 aliphatic heterocycles. The third-order valence-electron chi connectivity index (χ3n) is 3.87. The van der Waals surface area contributed by atoms with Crippen LogP contribution in [0.15, 0.2) is 17.5 Å². The van der Waals surface area contributed by atoms with Gasteiger partial charge in [0.25, 0.3) is 0 Å². The van der Waals surface area contributed by atoms with Crippen LogP contribution < -0.4 is 5.32 Å². The first kappa shape index (κ1) is 12.9. The van der Waals surface area contributed by atoms with Crippen LogP contribution in [0.5, 0.6) is 0 Å². The number of hydrogen-bond donors (Lipinski definition) is 2. The van der Waals surface area contributed by atoms with Gasteiger partial charge < -0.3 is 10.4 Å². The lowest BCUT2D eigenvalue weighted by molar-refractivity contribution is -0.143. The fraction of sp³-hybridized carbons (Fsp3) is 0.583. The molecular weight excluding hydrogens is 258 g/mol. The minimum Gasteiger partial charge on any atom is -0.481 e. The van der Waals surface area contributed by atoms with Crippen LogP contribution in [-0.4, -0.2) is 23.2 Å². The number of nitrogens with one attached hydrogen (secondary N) is 1. The summed E-state index contributed by atoms with van der Waals surface area (Å²) >= 11 is 1.68. The fourth-order valence-electron chi connectivity index (χ4n) is 3.18. The molecule has 3 heterocycles. The van der Waals surface area contributed by atoms with Crippen molar-refractivity contribution in [2.45, 2.75) is 37.3 Å². The van der Waals surface area contributed by atoms with Crippen LogP contribution in [0.25, 0.3) is 0 Å². The lowest BCUT2D eigenvalue weighted by Crippen LogP contribution is -2.46. The van der Waals surface area contributed by atoms with Crippen molar-refractivity contribution in [1.29, 1.82) is 0 Å². The molecule has 4 atom stereocenters. The molecule has 0 unspecified atom stereocenters. The molecule has 2 saturated heterocycles. The second kappa shape index (κ2) is 4.96. The lowest BCUT2D eigenvalue weighted by Gasteiger charge is -2.34. The zero-order chi connectivity index (χ0) is 11.1. The SMILES string of the molecule is Cl.O=C(O)[C@H]1C[C@H]2CC[C@@H](N2)[C@H]1c1cccs1. The number of piperidine rings is 1. The summed E-state index contributed by atoms with van der Waals surface area (Å²) in [5, 5.41) is 14.9. The molecule has 2 aliphatic rings. The van der Waals surface area contributed by atoms with Crippen LogP contribution in [0.3, 0.4) is 0 Å². The van der Waals surface area contributed by atoms with Gasteiger partial charge in [0.05, 0.1) is 5.92 Å². The van der Waals surface area contributed by atoms with Gasteiger partial charge in [0.2, 0.25) is 0 Å². The zero-order valence-corrected chi connectivity index (χ0v) is 11.0. The highest BCUT2D eigenvalue weighted by Gasteiger charge is 2.45. The van der Waals surface area contributed by atoms with E-state index in [4.69, 9.17) is 0 Å². The molecule has 0 spiro atoms. The van der Waals surface area contributed by atoms with E-state index < -0.39 is 5.97 Å². The number of halogens is 1. The number of aliphatic carboxylic acids is 1. The Morgan fingerprint density at radius 1 is 1.47 bits per heavy atom. The molecule has 0 saturated carbocycles. The first-order valence-electron chi connectivity index (χ1n) is 5.78. The Hall–Kier alpha value is -0.580. The maximum Gasteiger partial charge on any atom is 0.307 e. The third-order valence-corrected chi connectivity index (χ3v) is 4.84. The highest BCUT2D eigenvalue weighted by molar-refractivity contribution is 7.10. The quantitative estimate of drug-likeness (QED) is 0.870. The van der Waals surface area contributed by atoms with E-state index in [0.29, 0.717) is 12.1 Å². The molecule has 2 N–H and O–H groups in total. The van der Waals surface area contributed by atoms with Gasteiger partial charge >= 0.3 is 5.97 Å². The van der Waals surface area contributed by atoms with E-state index in [1.165, 1.54) is 4.88 Å². The summed E-state index contributed by atoms with van der Waals surface area (Å²) in [5.74, 6) is -0.648. The topological polar surface area (TPSA) is 49.3 Å². The molecular formula is C12H16ClNO2S. The van der Waals surface area contributed by atoms with Crippen LogP contribution in [0.4, 0.5) is 0 Å². The smallest absolute Gasteiger partial charge is 0.307 e. The lowest BCUT2D eigenvalue weighted by atomic mass is 9.80. The van der Waals surface area contributed by atoms with Gasteiger partial charge in [0, 0.05) is 22.9 Å². The second-order valence-electron chi connectivity index (χ2n) is 4.77. The second-order valence-corrected chi connectivity index (χ2v) is 5.75. The van der Waals surface area contributed by atoms with Crippen LogP contribution in [-0.2, 0) is 4.79 Å². The summed E-state index contributed by atoms with van der Waals surface area (Å²) in [6.45, 7) is 0.